The topological polar surface area (TPSA) is 8.17 Å². The molecule has 10 aromatic rings. The Hall–Kier alpha value is -6.16. The van der Waals surface area contributed by atoms with Crippen LogP contribution in [0.15, 0.2) is 182 Å². The van der Waals surface area contributed by atoms with Crippen molar-refractivity contribution in [3.05, 3.63) is 182 Å². The van der Waals surface area contributed by atoms with Crippen LogP contribution in [0.4, 0.5) is 17.1 Å². The van der Waals surface area contributed by atoms with Gasteiger partial charge in [-0.2, -0.15) is 0 Å². The van der Waals surface area contributed by atoms with Crippen molar-refractivity contribution in [3.63, 3.8) is 0 Å². The molecule has 0 aliphatic carbocycles. The molecule has 49 heavy (non-hydrogen) atoms. The first-order valence-corrected chi connectivity index (χ1v) is 17.5. The molecule has 10 rings (SSSR count). The van der Waals surface area contributed by atoms with Crippen molar-refractivity contribution in [2.45, 2.75) is 0 Å². The summed E-state index contributed by atoms with van der Waals surface area (Å²) in [5, 5.41) is 7.79. The number of hydrogen-bond acceptors (Lipinski definition) is 2. The van der Waals surface area contributed by atoms with Crippen LogP contribution in [0.5, 0.6) is 0 Å². The number of anilines is 3. The van der Waals surface area contributed by atoms with Gasteiger partial charge in [0.2, 0.25) is 0 Å². The quantitative estimate of drug-likeness (QED) is 0.181. The van der Waals surface area contributed by atoms with Gasteiger partial charge in [-0.05, 0) is 88.6 Å². The van der Waals surface area contributed by atoms with Gasteiger partial charge in [-0.15, -0.1) is 11.3 Å². The Morgan fingerprint density at radius 1 is 0.388 bits per heavy atom. The maximum Gasteiger partial charge on any atom is 0.0561 e. The van der Waals surface area contributed by atoms with E-state index >= 15 is 0 Å². The van der Waals surface area contributed by atoms with Crippen LogP contribution in [0.1, 0.15) is 0 Å². The normalized spacial score (nSPS) is 11.7. The molecule has 0 aliphatic heterocycles. The van der Waals surface area contributed by atoms with E-state index in [9.17, 15) is 0 Å². The summed E-state index contributed by atoms with van der Waals surface area (Å²) in [5.74, 6) is 0. The average Bonchev–Trinajstić information content (AvgIpc) is 3.72. The van der Waals surface area contributed by atoms with E-state index in [1.54, 1.807) is 0 Å². The lowest BCUT2D eigenvalue weighted by Crippen LogP contribution is -2.10. The van der Waals surface area contributed by atoms with E-state index in [0.717, 1.165) is 22.7 Å². The molecule has 0 spiro atoms. The molecule has 2 nitrogen and oxygen atoms in total. The van der Waals surface area contributed by atoms with Gasteiger partial charge in [0.25, 0.3) is 0 Å². The maximum absolute atomic E-state index is 2.38. The summed E-state index contributed by atoms with van der Waals surface area (Å²) < 4.78 is 5.06. The highest BCUT2D eigenvalue weighted by atomic mass is 32.1. The first kappa shape index (κ1) is 27.9. The summed E-state index contributed by atoms with van der Waals surface area (Å²) in [6.07, 6.45) is 0. The smallest absolute Gasteiger partial charge is 0.0561 e. The largest absolute Gasteiger partial charge is 0.310 e. The van der Waals surface area contributed by atoms with Crippen molar-refractivity contribution in [1.82, 2.24) is 4.57 Å². The van der Waals surface area contributed by atoms with E-state index in [0.29, 0.717) is 0 Å². The second kappa shape index (κ2) is 11.2. The molecule has 0 unspecified atom stereocenters. The van der Waals surface area contributed by atoms with Gasteiger partial charge in [0.1, 0.15) is 0 Å². The molecule has 0 bridgehead atoms. The number of nitrogens with zero attached hydrogens (tertiary/aromatic N) is 2. The number of aromatic nitrogens is 1. The van der Waals surface area contributed by atoms with Gasteiger partial charge in [-0.3, -0.25) is 0 Å². The third kappa shape index (κ3) is 4.47. The average molecular weight is 643 g/mol. The minimum absolute atomic E-state index is 1.11. The highest BCUT2D eigenvalue weighted by Gasteiger charge is 2.18. The van der Waals surface area contributed by atoms with Gasteiger partial charge in [-0.1, -0.05) is 115 Å². The van der Waals surface area contributed by atoms with Crippen molar-refractivity contribution in [1.29, 1.82) is 0 Å². The van der Waals surface area contributed by atoms with Crippen LogP contribution in [0, 0.1) is 0 Å². The third-order valence-electron chi connectivity index (χ3n) is 9.78. The van der Waals surface area contributed by atoms with Crippen LogP contribution < -0.4 is 4.90 Å². The SMILES string of the molecule is c1ccc(N(c2ccc(-c3cccc4c3ccc3sc5ccccc5c34)cc2)c2ccc3c4ccccc4n(-c4ccccc4)c3c2)cc1. The van der Waals surface area contributed by atoms with Gasteiger partial charge in [-0.25, -0.2) is 0 Å². The highest BCUT2D eigenvalue weighted by molar-refractivity contribution is 7.26. The Morgan fingerprint density at radius 2 is 1.02 bits per heavy atom. The molecule has 0 amide bonds. The Labute approximate surface area is 288 Å². The van der Waals surface area contributed by atoms with Crippen LogP contribution in [-0.4, -0.2) is 4.57 Å². The molecule has 3 heteroatoms. The first-order valence-electron chi connectivity index (χ1n) is 16.7. The van der Waals surface area contributed by atoms with E-state index in [1.807, 2.05) is 11.3 Å². The molecule has 230 valence electrons. The lowest BCUT2D eigenvalue weighted by molar-refractivity contribution is 1.18. The number of para-hydroxylation sites is 3. The molecule has 0 N–H and O–H groups in total. The zero-order chi connectivity index (χ0) is 32.3. The standard InChI is InChI=1S/C46H30N2S/c1-3-12-32(13-4-1)47(35-26-27-39-38-16-7-9-20-42(38)48(43(39)30-35)33-14-5-2-6-15-33)34-24-22-31(23-25-34)36-18-11-19-40-37(36)28-29-45-46(40)41-17-8-10-21-44(41)49-45/h1-30H. The van der Waals surface area contributed by atoms with Gasteiger partial charge in [0, 0.05) is 53.7 Å². The van der Waals surface area contributed by atoms with Crippen molar-refractivity contribution < 1.29 is 0 Å². The highest BCUT2D eigenvalue weighted by Crippen LogP contribution is 2.43. The molecule has 8 aromatic carbocycles. The van der Waals surface area contributed by atoms with E-state index in [-0.39, 0.29) is 0 Å². The number of hydrogen-bond donors (Lipinski definition) is 0. The van der Waals surface area contributed by atoms with Gasteiger partial charge in [0.05, 0.1) is 11.0 Å². The zero-order valence-corrected chi connectivity index (χ0v) is 27.4. The molecule has 0 aliphatic rings. The second-order valence-corrected chi connectivity index (χ2v) is 13.6. The van der Waals surface area contributed by atoms with Crippen LogP contribution >= 0.6 is 11.3 Å². The molecule has 0 fully saturated rings. The van der Waals surface area contributed by atoms with Gasteiger partial charge < -0.3 is 9.47 Å². The van der Waals surface area contributed by atoms with E-state index in [1.165, 1.54) is 63.9 Å². The summed E-state index contributed by atoms with van der Waals surface area (Å²) in [5.41, 5.74) is 9.36. The fraction of sp³-hybridized carbons (Fsp3) is 0. The fourth-order valence-electron chi connectivity index (χ4n) is 7.60. The number of fused-ring (bicyclic) bond motifs is 8. The lowest BCUT2D eigenvalue weighted by atomic mass is 9.95. The predicted molar refractivity (Wildman–Crippen MR) is 211 cm³/mol. The minimum atomic E-state index is 1.11. The summed E-state index contributed by atoms with van der Waals surface area (Å²) in [6, 6.07) is 66.1. The Bertz CT molecular complexity index is 2810. The molecule has 0 saturated carbocycles. The molecule has 2 heterocycles. The van der Waals surface area contributed by atoms with Crippen LogP contribution in [0.2, 0.25) is 0 Å². The molecule has 0 atom stereocenters. The summed E-state index contributed by atoms with van der Waals surface area (Å²) >= 11 is 1.87. The minimum Gasteiger partial charge on any atom is -0.310 e. The summed E-state index contributed by atoms with van der Waals surface area (Å²) in [7, 11) is 0. The van der Waals surface area contributed by atoms with Crippen molar-refractivity contribution >= 4 is 81.1 Å². The Morgan fingerprint density at radius 3 is 1.86 bits per heavy atom. The molecular formula is C46H30N2S. The van der Waals surface area contributed by atoms with Gasteiger partial charge >= 0.3 is 0 Å². The maximum atomic E-state index is 2.38. The zero-order valence-electron chi connectivity index (χ0n) is 26.6. The van der Waals surface area contributed by atoms with Crippen molar-refractivity contribution in [2.75, 3.05) is 4.90 Å². The van der Waals surface area contributed by atoms with Crippen LogP contribution in [0.25, 0.3) is 69.6 Å². The third-order valence-corrected chi connectivity index (χ3v) is 10.9. The fourth-order valence-corrected chi connectivity index (χ4v) is 8.72. The van der Waals surface area contributed by atoms with Crippen LogP contribution in [0.3, 0.4) is 0 Å². The first-order chi connectivity index (χ1) is 24.3. The summed E-state index contributed by atoms with van der Waals surface area (Å²) in [6.45, 7) is 0. The number of benzene rings is 8. The molecule has 0 saturated heterocycles. The van der Waals surface area contributed by atoms with E-state index in [2.05, 4.69) is 191 Å². The van der Waals surface area contributed by atoms with Gasteiger partial charge in [0.15, 0.2) is 0 Å². The van der Waals surface area contributed by atoms with E-state index in [4.69, 9.17) is 0 Å². The lowest BCUT2D eigenvalue weighted by Gasteiger charge is -2.26. The van der Waals surface area contributed by atoms with Crippen molar-refractivity contribution in [3.8, 4) is 16.8 Å². The Balaban J connectivity index is 1.12. The Kier molecular flexibility index (Phi) is 6.39. The molecular weight excluding hydrogens is 613 g/mol. The molecule has 2 aromatic heterocycles. The number of rotatable bonds is 5. The summed E-state index contributed by atoms with van der Waals surface area (Å²) in [4.78, 5) is 2.36. The number of thiophene rings is 1. The van der Waals surface area contributed by atoms with E-state index < -0.39 is 0 Å². The molecule has 0 radical (unpaired) electrons. The monoisotopic (exact) mass is 642 g/mol. The van der Waals surface area contributed by atoms with Crippen LogP contribution in [-0.2, 0) is 0 Å². The predicted octanol–water partition coefficient (Wildman–Crippen LogP) is 13.4. The second-order valence-electron chi connectivity index (χ2n) is 12.5. The van der Waals surface area contributed by atoms with Crippen molar-refractivity contribution in [2.24, 2.45) is 0 Å².